The molecule has 0 bridgehead atoms. The average molecular weight is 1480 g/mol. The number of esters is 10. The lowest BCUT2D eigenvalue weighted by Gasteiger charge is -2.38. The van der Waals surface area contributed by atoms with Crippen molar-refractivity contribution < 1.29 is 135 Å². The number of fused-ring (bicyclic) bond motifs is 1. The average Bonchev–Trinajstić information content (AvgIpc) is 0.781. The zero-order valence-corrected chi connectivity index (χ0v) is 58.6. The molecule has 1 saturated heterocycles. The SMILES string of the molecule is CC(=O)OCOC(=O)CCCC(C(=O)O)N1CCN(CC(=O)Nc2ccc3c(-c4ccc(N(CC(=O)OCOC(C)=O)CC(=O)OCOC(C)=O)c(OCc5ccccn5)c4)cc(=O)[nH]c3c2)CCN(C(CCCC(=O)OCOC(C)=O)C(=O)O)CCN(C(CCCC(=O)OCOC(C)=O)C(=O)O)CC1. The van der Waals surface area contributed by atoms with Crippen molar-refractivity contribution in [2.45, 2.75) is 117 Å². The highest BCUT2D eigenvalue weighted by molar-refractivity contribution is 5.99. The Morgan fingerprint density at radius 2 is 0.924 bits per heavy atom. The number of hydrogen-bond acceptors (Lipinski definition) is 32. The van der Waals surface area contributed by atoms with Gasteiger partial charge in [-0.15, -0.1) is 0 Å². The number of nitrogens with zero attached hydrogens (tertiary/aromatic N) is 6. The number of benzene rings is 2. The van der Waals surface area contributed by atoms with Crippen LogP contribution in [0.15, 0.2) is 71.7 Å². The van der Waals surface area contributed by atoms with Gasteiger partial charge in [-0.05, 0) is 86.1 Å². The van der Waals surface area contributed by atoms with Crippen LogP contribution in [-0.2, 0) is 121 Å². The molecule has 0 saturated carbocycles. The summed E-state index contributed by atoms with van der Waals surface area (Å²) < 4.78 is 54.8. The first-order valence-electron chi connectivity index (χ1n) is 33.0. The molecule has 572 valence electrons. The van der Waals surface area contributed by atoms with E-state index in [4.69, 9.17) is 37.9 Å². The van der Waals surface area contributed by atoms with E-state index in [2.05, 4.69) is 29.5 Å². The molecular formula is C68H86N8O29. The number of H-pyrrole nitrogens is 1. The second kappa shape index (κ2) is 44.4. The number of aromatic nitrogens is 2. The summed E-state index contributed by atoms with van der Waals surface area (Å²) in [6, 6.07) is 11.5. The molecule has 37 heteroatoms. The lowest BCUT2D eigenvalue weighted by Crippen LogP contribution is -2.55. The number of aromatic amines is 1. The highest BCUT2D eigenvalue weighted by Gasteiger charge is 2.34. The fourth-order valence-electron chi connectivity index (χ4n) is 10.7. The number of carbonyl (C=O) groups is 14. The zero-order valence-electron chi connectivity index (χ0n) is 58.6. The van der Waals surface area contributed by atoms with Crippen LogP contribution in [0.3, 0.4) is 0 Å². The first kappa shape index (κ1) is 84.5. The minimum absolute atomic E-state index is 0.0475. The minimum atomic E-state index is -1.37. The van der Waals surface area contributed by atoms with Gasteiger partial charge in [-0.25, -0.2) is 0 Å². The Morgan fingerprint density at radius 3 is 1.32 bits per heavy atom. The maximum Gasteiger partial charge on any atom is 0.328 e. The van der Waals surface area contributed by atoms with Gasteiger partial charge in [-0.2, -0.15) is 0 Å². The Hall–Kier alpha value is -11.2. The van der Waals surface area contributed by atoms with E-state index >= 15 is 0 Å². The summed E-state index contributed by atoms with van der Waals surface area (Å²) in [6.07, 6.45) is -0.0809. The third kappa shape index (κ3) is 31.5. The van der Waals surface area contributed by atoms with Crippen LogP contribution in [0.4, 0.5) is 11.4 Å². The Labute approximate surface area is 601 Å². The molecule has 2 aromatic carbocycles. The number of carboxylic acids is 3. The molecule has 3 atom stereocenters. The quantitative estimate of drug-likeness (QED) is 0.0242. The van der Waals surface area contributed by atoms with Crippen LogP contribution >= 0.6 is 0 Å². The van der Waals surface area contributed by atoms with Crippen molar-refractivity contribution >= 4 is 106 Å². The van der Waals surface area contributed by atoms with E-state index < -0.39 is 161 Å². The molecule has 1 aliphatic heterocycles. The van der Waals surface area contributed by atoms with Gasteiger partial charge in [-0.1, -0.05) is 18.2 Å². The minimum Gasteiger partial charge on any atom is -0.485 e. The number of hydrogen-bond donors (Lipinski definition) is 5. The molecule has 3 unspecified atom stereocenters. The molecule has 1 amide bonds. The molecule has 0 aliphatic carbocycles. The van der Waals surface area contributed by atoms with Crippen LogP contribution in [-0.4, -0.2) is 252 Å². The van der Waals surface area contributed by atoms with E-state index in [-0.39, 0.29) is 139 Å². The number of rotatable bonds is 40. The standard InChI is InChI=1S/C68H86N8O29/c1-43(77)96-38-101-61(84)15-8-12-55(66(89)90)73-25-23-72(24-26-74(56(67(91)92)13-9-16-62(85)102-39-97-44(2)78)28-30-75(29-27-73)57(68(93)94)14-10-17-63(86)103-40-98-45(3)79)34-60(83)70-49-19-20-51-52(33-59(82)71-53(51)32-49)48-18-21-54(58(31-48)95-37-50-11-6-7-22-69-50)76(35-64(87)104-41-99-46(4)80)36-65(88)105-42-100-47(5)81/h6-7,11,18-22,31-33,55-57H,8-10,12-17,23-30,34-42H2,1-5H3,(H,70,83)(H,71,82)(H,89,90)(H,91,92)(H,93,94). The first-order chi connectivity index (χ1) is 50.0. The van der Waals surface area contributed by atoms with Crippen LogP contribution in [0.2, 0.25) is 0 Å². The summed E-state index contributed by atoms with van der Waals surface area (Å²) in [5.41, 5.74) is 1.07. The summed E-state index contributed by atoms with van der Waals surface area (Å²) in [5.74, 6) is -12.6. The van der Waals surface area contributed by atoms with Crippen LogP contribution in [0.5, 0.6) is 5.75 Å². The monoisotopic (exact) mass is 1480 g/mol. The lowest BCUT2D eigenvalue weighted by molar-refractivity contribution is -0.167. The molecule has 1 fully saturated rings. The number of carboxylic acid groups (broad SMARTS) is 3. The smallest absolute Gasteiger partial charge is 0.328 e. The molecule has 5 rings (SSSR count). The van der Waals surface area contributed by atoms with Gasteiger partial charge in [0, 0.05) is 130 Å². The van der Waals surface area contributed by atoms with Crippen molar-refractivity contribution in [2.75, 3.05) is 116 Å². The lowest BCUT2D eigenvalue weighted by atomic mass is 10.00. The van der Waals surface area contributed by atoms with E-state index in [0.29, 0.717) is 22.2 Å². The van der Waals surface area contributed by atoms with Crippen LogP contribution in [0, 0.1) is 0 Å². The van der Waals surface area contributed by atoms with Crippen LogP contribution < -0.4 is 20.5 Å². The molecule has 37 nitrogen and oxygen atoms in total. The topological polar surface area (TPSA) is 475 Å². The number of aliphatic carboxylic acids is 3. The van der Waals surface area contributed by atoms with Gasteiger partial charge in [0.05, 0.1) is 23.4 Å². The number of carbonyl (C=O) groups excluding carboxylic acids is 11. The van der Waals surface area contributed by atoms with Gasteiger partial charge >= 0.3 is 77.6 Å². The maximum absolute atomic E-state index is 14.5. The predicted molar refractivity (Wildman–Crippen MR) is 360 cm³/mol. The molecule has 105 heavy (non-hydrogen) atoms. The Morgan fingerprint density at radius 1 is 0.505 bits per heavy atom. The first-order valence-corrected chi connectivity index (χ1v) is 33.0. The zero-order chi connectivity index (χ0) is 77.0. The molecule has 1 aliphatic rings. The molecule has 0 spiro atoms. The number of nitrogens with one attached hydrogen (secondary N) is 2. The Balaban J connectivity index is 1.52. The van der Waals surface area contributed by atoms with Gasteiger partial charge < -0.3 is 82.6 Å². The molecule has 3 heterocycles. The van der Waals surface area contributed by atoms with Gasteiger partial charge in [0.15, 0.2) is 0 Å². The Bertz CT molecular complexity index is 3630. The number of pyridine rings is 2. The summed E-state index contributed by atoms with van der Waals surface area (Å²) >= 11 is 0. The largest absolute Gasteiger partial charge is 0.485 e. The van der Waals surface area contributed by atoms with Crippen molar-refractivity contribution in [1.29, 1.82) is 0 Å². The predicted octanol–water partition coefficient (Wildman–Crippen LogP) is 2.33. The van der Waals surface area contributed by atoms with Crippen LogP contribution in [0.1, 0.15) is 98.1 Å². The van der Waals surface area contributed by atoms with Crippen molar-refractivity contribution in [3.05, 3.63) is 82.9 Å². The summed E-state index contributed by atoms with van der Waals surface area (Å²) in [5, 5.41) is 35.7. The molecule has 2 aromatic heterocycles. The van der Waals surface area contributed by atoms with Gasteiger partial charge in [0.2, 0.25) is 45.4 Å². The fourth-order valence-corrected chi connectivity index (χ4v) is 10.7. The number of amides is 1. The van der Waals surface area contributed by atoms with Crippen molar-refractivity contribution in [1.82, 2.24) is 29.6 Å². The maximum atomic E-state index is 14.5. The number of anilines is 2. The van der Waals surface area contributed by atoms with E-state index in [1.807, 2.05) is 0 Å². The Kier molecular flexibility index (Phi) is 35.7. The van der Waals surface area contributed by atoms with Crippen molar-refractivity contribution in [3.63, 3.8) is 0 Å². The summed E-state index contributed by atoms with van der Waals surface area (Å²) in [6.45, 7) is -1.06. The highest BCUT2D eigenvalue weighted by Crippen LogP contribution is 2.37. The second-order valence-corrected chi connectivity index (χ2v) is 23.5. The van der Waals surface area contributed by atoms with Crippen molar-refractivity contribution in [3.8, 4) is 16.9 Å². The van der Waals surface area contributed by atoms with Gasteiger partial charge in [-0.3, -0.25) is 96.5 Å². The summed E-state index contributed by atoms with van der Waals surface area (Å²) in [4.78, 5) is 203. The third-order valence-corrected chi connectivity index (χ3v) is 15.8. The van der Waals surface area contributed by atoms with E-state index in [0.717, 1.165) is 34.6 Å². The van der Waals surface area contributed by atoms with Gasteiger partial charge in [0.25, 0.3) is 0 Å². The third-order valence-electron chi connectivity index (χ3n) is 15.8. The van der Waals surface area contributed by atoms with Crippen LogP contribution in [0.25, 0.3) is 22.0 Å². The second-order valence-electron chi connectivity index (χ2n) is 23.5. The highest BCUT2D eigenvalue weighted by atomic mass is 16.7. The molecule has 5 N–H and O–H groups in total. The summed E-state index contributed by atoms with van der Waals surface area (Å²) in [7, 11) is 0. The van der Waals surface area contributed by atoms with Crippen molar-refractivity contribution in [2.24, 2.45) is 0 Å². The molecular weight excluding hydrogens is 1390 g/mol. The van der Waals surface area contributed by atoms with Gasteiger partial charge in [0.1, 0.15) is 43.6 Å². The molecule has 0 radical (unpaired) electrons. The fraction of sp³-hybridized carbons (Fsp3) is 0.500. The molecule has 4 aromatic rings. The van der Waals surface area contributed by atoms with E-state index in [9.17, 15) is 87.2 Å². The number of ether oxygens (including phenoxy) is 11. The van der Waals surface area contributed by atoms with E-state index in [1.54, 1.807) is 41.3 Å². The van der Waals surface area contributed by atoms with E-state index in [1.165, 1.54) is 50.1 Å². The normalized spacial score (nSPS) is 14.0.